The second kappa shape index (κ2) is 11.6. The van der Waals surface area contributed by atoms with Gasteiger partial charge in [-0.15, -0.1) is 0 Å². The van der Waals surface area contributed by atoms with Gasteiger partial charge in [-0.1, -0.05) is 75.6 Å². The molecule has 2 N–H and O–H groups in total. The number of hydrogen-bond acceptors (Lipinski definition) is 5. The fourth-order valence-corrected chi connectivity index (χ4v) is 7.26. The molecule has 3 aliphatic heterocycles. The highest BCUT2D eigenvalue weighted by molar-refractivity contribution is 6.02. The molecule has 5 atom stereocenters. The molecule has 4 aliphatic rings. The molecule has 3 heterocycles. The third-order valence-corrected chi connectivity index (χ3v) is 9.33. The SMILES string of the molecule is CCOc1ccccc1CN1C(=O)[C@H]2[C@H](C(=O)Nc3ccc(C(C)C)cc3)[C@H]3C=C[C@@]2(O3)[C@H]1C(=O)NC1CCCCC1. The molecule has 2 bridgehead atoms. The van der Waals surface area contributed by atoms with Gasteiger partial charge in [-0.2, -0.15) is 0 Å². The third kappa shape index (κ3) is 5.00. The number of carbonyl (C=O) groups excluding carboxylic acids is 3. The number of carbonyl (C=O) groups is 3. The van der Waals surface area contributed by atoms with E-state index in [9.17, 15) is 14.4 Å². The van der Waals surface area contributed by atoms with E-state index in [1.54, 1.807) is 4.90 Å². The highest BCUT2D eigenvalue weighted by Crippen LogP contribution is 2.55. The van der Waals surface area contributed by atoms with Gasteiger partial charge in [-0.05, 0) is 49.4 Å². The van der Waals surface area contributed by atoms with Crippen LogP contribution >= 0.6 is 0 Å². The number of hydrogen-bond donors (Lipinski definition) is 2. The molecule has 1 spiro atoms. The van der Waals surface area contributed by atoms with E-state index in [1.807, 2.05) is 67.6 Å². The van der Waals surface area contributed by atoms with E-state index >= 15 is 0 Å². The van der Waals surface area contributed by atoms with Crippen molar-refractivity contribution in [1.82, 2.24) is 10.2 Å². The van der Waals surface area contributed by atoms with Crippen molar-refractivity contribution in [1.29, 1.82) is 0 Å². The van der Waals surface area contributed by atoms with Gasteiger partial charge < -0.3 is 25.0 Å². The predicted octanol–water partition coefficient (Wildman–Crippen LogP) is 4.95. The fourth-order valence-electron chi connectivity index (χ4n) is 7.26. The van der Waals surface area contributed by atoms with Crippen LogP contribution in [-0.2, 0) is 25.7 Å². The summed E-state index contributed by atoms with van der Waals surface area (Å²) in [6, 6.07) is 14.5. The molecule has 0 radical (unpaired) electrons. The molecule has 0 aromatic heterocycles. The molecule has 3 fully saturated rings. The molecule has 1 saturated carbocycles. The van der Waals surface area contributed by atoms with Gasteiger partial charge >= 0.3 is 0 Å². The van der Waals surface area contributed by atoms with E-state index in [0.717, 1.165) is 31.2 Å². The first-order valence-electron chi connectivity index (χ1n) is 15.4. The number of ether oxygens (including phenoxy) is 2. The standard InChI is InChI=1S/C34H41N3O5/c1-4-41-26-13-9-8-10-23(26)20-37-30(32(39)36-24-11-6-5-7-12-24)34-19-18-27(42-34)28(29(34)33(37)40)31(38)35-25-16-14-22(15-17-25)21(2)3/h8-10,13-19,21,24,27-30H,4-7,11-12,20H2,1-3H3,(H,35,38)(H,36,39)/t27-,28-,29-,30-,34+/m1/s1. The summed E-state index contributed by atoms with van der Waals surface area (Å²) in [5.74, 6) is -1.23. The van der Waals surface area contributed by atoms with Crippen molar-refractivity contribution in [3.8, 4) is 5.75 Å². The maximum absolute atomic E-state index is 14.4. The Balaban J connectivity index is 1.31. The molecule has 0 unspecified atom stereocenters. The van der Waals surface area contributed by atoms with E-state index in [-0.39, 0.29) is 30.3 Å². The Morgan fingerprint density at radius 1 is 1.05 bits per heavy atom. The van der Waals surface area contributed by atoms with E-state index in [4.69, 9.17) is 9.47 Å². The molecule has 42 heavy (non-hydrogen) atoms. The first kappa shape index (κ1) is 28.5. The van der Waals surface area contributed by atoms with Crippen LogP contribution in [0.4, 0.5) is 5.69 Å². The molecule has 2 aromatic rings. The molecule has 222 valence electrons. The molecular formula is C34H41N3O5. The van der Waals surface area contributed by atoms with Gasteiger partial charge in [0.2, 0.25) is 17.7 Å². The van der Waals surface area contributed by atoms with E-state index in [0.29, 0.717) is 24.0 Å². The Morgan fingerprint density at radius 3 is 2.50 bits per heavy atom. The number of amides is 3. The zero-order valence-corrected chi connectivity index (χ0v) is 24.7. The summed E-state index contributed by atoms with van der Waals surface area (Å²) in [4.78, 5) is 43.9. The van der Waals surface area contributed by atoms with Crippen molar-refractivity contribution in [3.63, 3.8) is 0 Å². The summed E-state index contributed by atoms with van der Waals surface area (Å²) in [5, 5.41) is 6.27. The van der Waals surface area contributed by atoms with Crippen molar-refractivity contribution < 1.29 is 23.9 Å². The van der Waals surface area contributed by atoms with Crippen LogP contribution in [0.2, 0.25) is 0 Å². The normalized spacial score (nSPS) is 28.3. The Hall–Kier alpha value is -3.65. The summed E-state index contributed by atoms with van der Waals surface area (Å²) < 4.78 is 12.4. The van der Waals surface area contributed by atoms with Crippen LogP contribution in [0, 0.1) is 11.8 Å². The maximum atomic E-state index is 14.4. The van der Waals surface area contributed by atoms with Crippen LogP contribution in [0.3, 0.4) is 0 Å². The minimum absolute atomic E-state index is 0.0739. The molecule has 8 nitrogen and oxygen atoms in total. The van der Waals surface area contributed by atoms with Gasteiger partial charge in [0, 0.05) is 17.3 Å². The second-order valence-electron chi connectivity index (χ2n) is 12.3. The van der Waals surface area contributed by atoms with Crippen molar-refractivity contribution in [2.24, 2.45) is 11.8 Å². The molecule has 8 heteroatoms. The first-order chi connectivity index (χ1) is 20.3. The van der Waals surface area contributed by atoms with Crippen LogP contribution in [0.1, 0.15) is 69.9 Å². The zero-order valence-electron chi connectivity index (χ0n) is 24.7. The molecule has 1 aliphatic carbocycles. The van der Waals surface area contributed by atoms with Crippen molar-refractivity contribution in [2.75, 3.05) is 11.9 Å². The molecule has 2 aromatic carbocycles. The monoisotopic (exact) mass is 571 g/mol. The fraction of sp³-hybridized carbons (Fsp3) is 0.500. The number of anilines is 1. The quantitative estimate of drug-likeness (QED) is 0.416. The van der Waals surface area contributed by atoms with Crippen LogP contribution < -0.4 is 15.4 Å². The lowest BCUT2D eigenvalue weighted by Gasteiger charge is -2.34. The van der Waals surface area contributed by atoms with Gasteiger partial charge in [-0.3, -0.25) is 14.4 Å². The Bertz CT molecular complexity index is 1370. The summed E-state index contributed by atoms with van der Waals surface area (Å²) in [5.41, 5.74) is 1.46. The Kier molecular flexibility index (Phi) is 7.83. The van der Waals surface area contributed by atoms with Gasteiger partial charge in [-0.25, -0.2) is 0 Å². The van der Waals surface area contributed by atoms with E-state index in [2.05, 4.69) is 24.5 Å². The lowest BCUT2D eigenvalue weighted by Crippen LogP contribution is -2.56. The van der Waals surface area contributed by atoms with E-state index < -0.39 is 29.6 Å². The largest absolute Gasteiger partial charge is 0.494 e. The maximum Gasteiger partial charge on any atom is 0.246 e. The summed E-state index contributed by atoms with van der Waals surface area (Å²) >= 11 is 0. The first-order valence-corrected chi connectivity index (χ1v) is 15.4. The van der Waals surface area contributed by atoms with Crippen LogP contribution in [-0.4, -0.2) is 53.0 Å². The van der Waals surface area contributed by atoms with Crippen LogP contribution in [0.5, 0.6) is 5.75 Å². The van der Waals surface area contributed by atoms with Gasteiger partial charge in [0.15, 0.2) is 0 Å². The summed E-state index contributed by atoms with van der Waals surface area (Å²) in [7, 11) is 0. The van der Waals surface area contributed by atoms with Crippen LogP contribution in [0.15, 0.2) is 60.7 Å². The summed E-state index contributed by atoms with van der Waals surface area (Å²) in [6.07, 6.45) is 8.32. The van der Waals surface area contributed by atoms with Crippen molar-refractivity contribution in [2.45, 2.75) is 89.1 Å². The minimum atomic E-state index is -1.20. The second-order valence-corrected chi connectivity index (χ2v) is 12.3. The number of likely N-dealkylation sites (tertiary alicyclic amines) is 1. The average Bonchev–Trinajstić information content (AvgIpc) is 3.62. The van der Waals surface area contributed by atoms with Crippen molar-refractivity contribution >= 4 is 23.4 Å². The highest BCUT2D eigenvalue weighted by Gasteiger charge is 2.72. The highest BCUT2D eigenvalue weighted by atomic mass is 16.5. The lowest BCUT2D eigenvalue weighted by atomic mass is 9.74. The number of benzene rings is 2. The molecule has 2 saturated heterocycles. The number of fused-ring (bicyclic) bond motifs is 1. The van der Waals surface area contributed by atoms with Crippen molar-refractivity contribution in [3.05, 3.63) is 71.8 Å². The third-order valence-electron chi connectivity index (χ3n) is 9.33. The van der Waals surface area contributed by atoms with Gasteiger partial charge in [0.1, 0.15) is 17.4 Å². The topological polar surface area (TPSA) is 97.0 Å². The average molecular weight is 572 g/mol. The smallest absolute Gasteiger partial charge is 0.246 e. The molecular weight excluding hydrogens is 530 g/mol. The van der Waals surface area contributed by atoms with Crippen LogP contribution in [0.25, 0.3) is 0 Å². The van der Waals surface area contributed by atoms with E-state index in [1.165, 1.54) is 12.0 Å². The van der Waals surface area contributed by atoms with Gasteiger partial charge in [0.25, 0.3) is 0 Å². The van der Waals surface area contributed by atoms with Gasteiger partial charge in [0.05, 0.1) is 31.1 Å². The number of nitrogens with one attached hydrogen (secondary N) is 2. The summed E-state index contributed by atoms with van der Waals surface area (Å²) in [6.45, 7) is 6.83. The minimum Gasteiger partial charge on any atom is -0.494 e. The Morgan fingerprint density at radius 2 is 1.79 bits per heavy atom. The zero-order chi connectivity index (χ0) is 29.4. The predicted molar refractivity (Wildman–Crippen MR) is 160 cm³/mol. The number of rotatable bonds is 9. The molecule has 6 rings (SSSR count). The molecule has 3 amide bonds. The number of nitrogens with zero attached hydrogens (tertiary/aromatic N) is 1. The lowest BCUT2D eigenvalue weighted by molar-refractivity contribution is -0.142. The number of para-hydroxylation sites is 1. The Labute approximate surface area is 247 Å².